The number of benzene rings is 2. The number of nitro groups is 2. The van der Waals surface area contributed by atoms with Crippen molar-refractivity contribution in [1.29, 1.82) is 0 Å². The highest BCUT2D eigenvalue weighted by atomic mass is 32.1. The third kappa shape index (κ3) is 4.36. The fraction of sp³-hybridized carbons (Fsp3) is 0.125. The molecule has 2 rings (SSSR count). The van der Waals surface area contributed by atoms with Crippen molar-refractivity contribution in [3.05, 3.63) is 73.3 Å². The lowest BCUT2D eigenvalue weighted by molar-refractivity contribution is -0.394. The van der Waals surface area contributed by atoms with Gasteiger partial charge in [0.15, 0.2) is 5.11 Å². The smallest absolute Gasteiger partial charge is 0.277 e. The Balaban J connectivity index is 2.21. The molecule has 2 aromatic rings. The lowest BCUT2D eigenvalue weighted by Crippen LogP contribution is -2.34. The number of nitro benzene ring substituents is 2. The van der Waals surface area contributed by atoms with Gasteiger partial charge in [0.25, 0.3) is 17.3 Å². The first-order valence-electron chi connectivity index (χ1n) is 7.31. The van der Waals surface area contributed by atoms with Crippen LogP contribution in [0.1, 0.15) is 21.5 Å². The van der Waals surface area contributed by atoms with E-state index in [1.54, 1.807) is 6.07 Å². The molecular weight excluding hydrogens is 360 g/mol. The topological polar surface area (TPSA) is 127 Å². The molecule has 0 unspecified atom stereocenters. The maximum absolute atomic E-state index is 12.3. The first-order valence-corrected chi connectivity index (χ1v) is 7.72. The van der Waals surface area contributed by atoms with E-state index >= 15 is 0 Å². The molecule has 26 heavy (non-hydrogen) atoms. The highest BCUT2D eigenvalue weighted by molar-refractivity contribution is 7.80. The maximum atomic E-state index is 12.3. The van der Waals surface area contributed by atoms with Gasteiger partial charge in [-0.2, -0.15) is 0 Å². The van der Waals surface area contributed by atoms with Gasteiger partial charge < -0.3 is 5.32 Å². The minimum absolute atomic E-state index is 0.0298. The number of hydrogen-bond acceptors (Lipinski definition) is 6. The molecule has 0 aromatic heterocycles. The van der Waals surface area contributed by atoms with Gasteiger partial charge in [-0.15, -0.1) is 0 Å². The summed E-state index contributed by atoms with van der Waals surface area (Å²) in [6.45, 7) is 3.80. The summed E-state index contributed by atoms with van der Waals surface area (Å²) in [6, 6.07) is 8.19. The molecule has 0 saturated heterocycles. The Morgan fingerprint density at radius 1 is 1.04 bits per heavy atom. The van der Waals surface area contributed by atoms with Gasteiger partial charge in [-0.1, -0.05) is 12.1 Å². The Bertz CT molecular complexity index is 897. The van der Waals surface area contributed by atoms with E-state index in [1.165, 1.54) is 0 Å². The largest absolute Gasteiger partial charge is 0.332 e. The van der Waals surface area contributed by atoms with Gasteiger partial charge in [0.2, 0.25) is 0 Å². The van der Waals surface area contributed by atoms with Crippen molar-refractivity contribution < 1.29 is 14.6 Å². The summed E-state index contributed by atoms with van der Waals surface area (Å²) in [5, 5.41) is 27.0. The van der Waals surface area contributed by atoms with E-state index in [2.05, 4.69) is 10.6 Å². The predicted molar refractivity (Wildman–Crippen MR) is 99.4 cm³/mol. The third-order valence-electron chi connectivity index (χ3n) is 3.67. The molecule has 0 fully saturated rings. The van der Waals surface area contributed by atoms with Gasteiger partial charge in [-0.3, -0.25) is 30.3 Å². The summed E-state index contributed by atoms with van der Waals surface area (Å²) in [6.07, 6.45) is 0. The van der Waals surface area contributed by atoms with Crippen molar-refractivity contribution in [2.45, 2.75) is 13.8 Å². The second kappa shape index (κ2) is 7.66. The van der Waals surface area contributed by atoms with Crippen LogP contribution in [0.25, 0.3) is 0 Å². The number of nitrogens with zero attached hydrogens (tertiary/aromatic N) is 2. The van der Waals surface area contributed by atoms with Crippen molar-refractivity contribution in [2.75, 3.05) is 5.32 Å². The number of nitrogens with one attached hydrogen (secondary N) is 2. The minimum atomic E-state index is -0.809. The van der Waals surface area contributed by atoms with Crippen molar-refractivity contribution in [1.82, 2.24) is 5.32 Å². The quantitative estimate of drug-likeness (QED) is 0.477. The van der Waals surface area contributed by atoms with Crippen LogP contribution in [-0.4, -0.2) is 20.9 Å². The van der Waals surface area contributed by atoms with Gasteiger partial charge in [0.05, 0.1) is 21.5 Å². The van der Waals surface area contributed by atoms with Crippen molar-refractivity contribution in [3.63, 3.8) is 0 Å². The second-order valence-electron chi connectivity index (χ2n) is 5.41. The average molecular weight is 374 g/mol. The molecule has 0 aliphatic carbocycles. The van der Waals surface area contributed by atoms with Crippen LogP contribution in [0.3, 0.4) is 0 Å². The molecule has 0 aliphatic heterocycles. The van der Waals surface area contributed by atoms with Crippen LogP contribution in [-0.2, 0) is 0 Å². The number of thiocarbonyl (C=S) groups is 1. The molecule has 2 N–H and O–H groups in total. The summed E-state index contributed by atoms with van der Waals surface area (Å²) < 4.78 is 0. The fourth-order valence-corrected chi connectivity index (χ4v) is 2.36. The second-order valence-corrected chi connectivity index (χ2v) is 5.82. The number of anilines is 1. The Kier molecular flexibility index (Phi) is 5.58. The molecule has 2 aromatic carbocycles. The lowest BCUT2D eigenvalue weighted by Gasteiger charge is -2.13. The first-order chi connectivity index (χ1) is 12.2. The lowest BCUT2D eigenvalue weighted by atomic mass is 10.1. The predicted octanol–water partition coefficient (Wildman–Crippen LogP) is 3.25. The Hall–Kier alpha value is -3.40. The normalized spacial score (nSPS) is 10.1. The van der Waals surface area contributed by atoms with Gasteiger partial charge in [0, 0.05) is 17.8 Å². The molecular formula is C16H14N4O5S. The van der Waals surface area contributed by atoms with Crippen molar-refractivity contribution in [2.24, 2.45) is 0 Å². The monoisotopic (exact) mass is 374 g/mol. The van der Waals surface area contributed by atoms with E-state index in [0.717, 1.165) is 29.3 Å². The van der Waals surface area contributed by atoms with Gasteiger partial charge in [-0.05, 0) is 43.3 Å². The molecule has 0 radical (unpaired) electrons. The molecule has 1 amide bonds. The highest BCUT2D eigenvalue weighted by Crippen LogP contribution is 2.23. The van der Waals surface area contributed by atoms with E-state index in [4.69, 9.17) is 12.2 Å². The van der Waals surface area contributed by atoms with E-state index in [-0.39, 0.29) is 10.7 Å². The number of carbonyl (C=O) groups is 1. The van der Waals surface area contributed by atoms with Crippen LogP contribution in [0.5, 0.6) is 0 Å². The van der Waals surface area contributed by atoms with Crippen LogP contribution in [0.2, 0.25) is 0 Å². The third-order valence-corrected chi connectivity index (χ3v) is 3.87. The molecule has 9 nitrogen and oxygen atoms in total. The number of rotatable bonds is 4. The summed E-state index contributed by atoms with van der Waals surface area (Å²) in [5.41, 5.74) is 1.31. The van der Waals surface area contributed by atoms with E-state index in [1.807, 2.05) is 26.0 Å². The van der Waals surface area contributed by atoms with Crippen molar-refractivity contribution >= 4 is 40.3 Å². The summed E-state index contributed by atoms with van der Waals surface area (Å²) in [4.78, 5) is 32.4. The molecule has 0 spiro atoms. The van der Waals surface area contributed by atoms with Crippen LogP contribution in [0.4, 0.5) is 17.1 Å². The number of amides is 1. The van der Waals surface area contributed by atoms with Crippen LogP contribution >= 0.6 is 12.2 Å². The zero-order chi connectivity index (χ0) is 19.4. The molecule has 134 valence electrons. The number of hydrogen-bond donors (Lipinski definition) is 2. The first kappa shape index (κ1) is 18.9. The van der Waals surface area contributed by atoms with Crippen LogP contribution in [0.15, 0.2) is 36.4 Å². The molecule has 0 saturated carbocycles. The van der Waals surface area contributed by atoms with E-state index in [0.29, 0.717) is 5.69 Å². The number of aryl methyl sites for hydroxylation is 1. The fourth-order valence-electron chi connectivity index (χ4n) is 2.15. The van der Waals surface area contributed by atoms with Crippen LogP contribution in [0, 0.1) is 34.1 Å². The maximum Gasteiger partial charge on any atom is 0.277 e. The van der Waals surface area contributed by atoms with Crippen LogP contribution < -0.4 is 10.6 Å². The Labute approximate surface area is 153 Å². The van der Waals surface area contributed by atoms with E-state index in [9.17, 15) is 25.0 Å². The van der Waals surface area contributed by atoms with Gasteiger partial charge in [-0.25, -0.2) is 0 Å². The van der Waals surface area contributed by atoms with E-state index < -0.39 is 27.1 Å². The molecule has 0 heterocycles. The highest BCUT2D eigenvalue weighted by Gasteiger charge is 2.20. The van der Waals surface area contributed by atoms with Gasteiger partial charge in [0.1, 0.15) is 0 Å². The molecule has 0 aliphatic rings. The summed E-state index contributed by atoms with van der Waals surface area (Å²) >= 11 is 5.07. The molecule has 0 bridgehead atoms. The SMILES string of the molecule is Cc1cccc(NC(=S)NC(=O)c2cc([N+](=O)[O-])cc([N+](=O)[O-])c2)c1C. The minimum Gasteiger partial charge on any atom is -0.332 e. The van der Waals surface area contributed by atoms with Crippen molar-refractivity contribution in [3.8, 4) is 0 Å². The standard InChI is InChI=1S/C16H14N4O5S/c1-9-4-3-5-14(10(9)2)17-16(26)18-15(21)11-6-12(19(22)23)8-13(7-11)20(24)25/h3-8H,1-2H3,(H2,17,18,21,26). The zero-order valence-corrected chi connectivity index (χ0v) is 14.6. The average Bonchev–Trinajstić information content (AvgIpc) is 2.58. The summed E-state index contributed by atoms with van der Waals surface area (Å²) in [7, 11) is 0. The Morgan fingerprint density at radius 3 is 2.15 bits per heavy atom. The Morgan fingerprint density at radius 2 is 1.62 bits per heavy atom. The number of non-ortho nitro benzene ring substituents is 2. The number of carbonyl (C=O) groups excluding carboxylic acids is 1. The summed E-state index contributed by atoms with van der Waals surface area (Å²) in [5.74, 6) is -0.792. The molecule has 0 atom stereocenters. The van der Waals surface area contributed by atoms with Gasteiger partial charge >= 0.3 is 0 Å². The molecule has 10 heteroatoms. The zero-order valence-electron chi connectivity index (χ0n) is 13.8.